The third-order valence-electron chi connectivity index (χ3n) is 3.41. The van der Waals surface area contributed by atoms with Crippen LogP contribution in [0.4, 0.5) is 0 Å². The molecule has 0 N–H and O–H groups in total. The number of para-hydroxylation sites is 2. The van der Waals surface area contributed by atoms with Gasteiger partial charge >= 0.3 is 0 Å². The normalized spacial score (nSPS) is 26.1. The van der Waals surface area contributed by atoms with E-state index in [0.29, 0.717) is 11.8 Å². The van der Waals surface area contributed by atoms with E-state index in [4.69, 9.17) is 9.97 Å². The Morgan fingerprint density at radius 2 is 1.40 bits per heavy atom. The number of benzene rings is 1. The lowest BCUT2D eigenvalue weighted by Gasteiger charge is -2.09. The Morgan fingerprint density at radius 1 is 0.867 bits per heavy atom. The minimum Gasteiger partial charge on any atom is -0.249 e. The zero-order chi connectivity index (χ0) is 9.83. The van der Waals surface area contributed by atoms with Crippen molar-refractivity contribution in [1.82, 2.24) is 9.97 Å². The molecular weight excluding hydrogens is 184 g/mol. The first-order valence-corrected chi connectivity index (χ1v) is 5.37. The predicted molar refractivity (Wildman–Crippen MR) is 58.8 cm³/mol. The van der Waals surface area contributed by atoms with Crippen molar-refractivity contribution in [3.63, 3.8) is 0 Å². The van der Waals surface area contributed by atoms with E-state index in [1.807, 2.05) is 24.3 Å². The van der Waals surface area contributed by atoms with Gasteiger partial charge in [0.05, 0.1) is 22.4 Å². The molecule has 2 aromatic rings. The van der Waals surface area contributed by atoms with Crippen LogP contribution >= 0.6 is 0 Å². The second-order valence-corrected chi connectivity index (χ2v) is 4.32. The monoisotopic (exact) mass is 194 g/mol. The van der Waals surface area contributed by atoms with Crippen LogP contribution in [0, 0.1) is 0 Å². The molecule has 0 spiro atoms. The first-order valence-electron chi connectivity index (χ1n) is 5.37. The molecule has 2 aliphatic rings. The summed E-state index contributed by atoms with van der Waals surface area (Å²) >= 11 is 0. The Labute approximate surface area is 87.7 Å². The van der Waals surface area contributed by atoms with Crippen LogP contribution in [0.15, 0.2) is 36.4 Å². The van der Waals surface area contributed by atoms with Gasteiger partial charge in [-0.2, -0.15) is 0 Å². The first kappa shape index (κ1) is 7.57. The summed E-state index contributed by atoms with van der Waals surface area (Å²) in [5.74, 6) is 1.06. The van der Waals surface area contributed by atoms with E-state index >= 15 is 0 Å². The van der Waals surface area contributed by atoms with Crippen molar-refractivity contribution in [3.8, 4) is 0 Å². The summed E-state index contributed by atoms with van der Waals surface area (Å²) in [5.41, 5.74) is 4.47. The van der Waals surface area contributed by atoms with E-state index in [-0.39, 0.29) is 0 Å². The average Bonchev–Trinajstić information content (AvgIpc) is 2.87. The molecule has 0 fully saturated rings. The summed E-state index contributed by atoms with van der Waals surface area (Å²) in [6.07, 6.45) is 5.73. The molecule has 0 aliphatic heterocycles. The van der Waals surface area contributed by atoms with E-state index in [9.17, 15) is 0 Å². The lowest BCUT2D eigenvalue weighted by atomic mass is 10.1. The SMILES string of the molecule is C1=C[C@H]2C[C@@H]1c1nc3ccccc3nc12. The Morgan fingerprint density at radius 3 is 1.93 bits per heavy atom. The van der Waals surface area contributed by atoms with Crippen molar-refractivity contribution in [2.24, 2.45) is 0 Å². The van der Waals surface area contributed by atoms with E-state index in [2.05, 4.69) is 12.2 Å². The number of nitrogens with zero attached hydrogens (tertiary/aromatic N) is 2. The molecule has 0 amide bonds. The third-order valence-corrected chi connectivity index (χ3v) is 3.41. The maximum absolute atomic E-state index is 4.72. The minimum absolute atomic E-state index is 0.530. The summed E-state index contributed by atoms with van der Waals surface area (Å²) in [4.78, 5) is 9.45. The molecule has 1 aromatic carbocycles. The van der Waals surface area contributed by atoms with Crippen LogP contribution in [0.3, 0.4) is 0 Å². The fourth-order valence-electron chi connectivity index (χ4n) is 2.68. The molecule has 0 saturated heterocycles. The molecule has 0 unspecified atom stereocenters. The van der Waals surface area contributed by atoms with Gasteiger partial charge in [0, 0.05) is 11.8 Å². The van der Waals surface area contributed by atoms with Crippen molar-refractivity contribution in [3.05, 3.63) is 47.8 Å². The predicted octanol–water partition coefficient (Wildman–Crippen LogP) is 2.77. The highest BCUT2D eigenvalue weighted by Crippen LogP contribution is 2.46. The Bertz CT molecular complexity index is 536. The van der Waals surface area contributed by atoms with E-state index in [1.165, 1.54) is 17.8 Å². The van der Waals surface area contributed by atoms with E-state index in [1.54, 1.807) is 0 Å². The molecule has 0 radical (unpaired) electrons. The largest absolute Gasteiger partial charge is 0.249 e. The molecular formula is C13H10N2. The van der Waals surface area contributed by atoms with E-state index in [0.717, 1.165) is 11.0 Å². The van der Waals surface area contributed by atoms with Gasteiger partial charge in [0.1, 0.15) is 0 Å². The molecule has 0 saturated carbocycles. The van der Waals surface area contributed by atoms with Crippen LogP contribution in [0.2, 0.25) is 0 Å². The van der Waals surface area contributed by atoms with Gasteiger partial charge in [-0.1, -0.05) is 24.3 Å². The number of hydrogen-bond acceptors (Lipinski definition) is 2. The highest BCUT2D eigenvalue weighted by Gasteiger charge is 2.35. The average molecular weight is 194 g/mol. The number of fused-ring (bicyclic) bond motifs is 6. The molecule has 2 aliphatic carbocycles. The maximum Gasteiger partial charge on any atom is 0.0890 e. The van der Waals surface area contributed by atoms with Crippen molar-refractivity contribution in [2.45, 2.75) is 18.3 Å². The number of aromatic nitrogens is 2. The standard InChI is InChI=1S/C13H10N2/c1-2-4-11-10(3-1)14-12-8-5-6-9(7-8)13(12)15-11/h1-6,8-9H,7H2/t8-,9+. The van der Waals surface area contributed by atoms with Crippen LogP contribution in [0.5, 0.6) is 0 Å². The van der Waals surface area contributed by atoms with Crippen molar-refractivity contribution in [1.29, 1.82) is 0 Å². The fourth-order valence-corrected chi connectivity index (χ4v) is 2.68. The number of hydrogen-bond donors (Lipinski definition) is 0. The van der Waals surface area contributed by atoms with Gasteiger partial charge in [-0.15, -0.1) is 0 Å². The Kier molecular flexibility index (Phi) is 1.24. The Balaban J connectivity index is 2.09. The molecule has 4 rings (SSSR count). The summed E-state index contributed by atoms with van der Waals surface area (Å²) in [7, 11) is 0. The Hall–Kier alpha value is -1.70. The van der Waals surface area contributed by atoms with Crippen molar-refractivity contribution in [2.75, 3.05) is 0 Å². The summed E-state index contributed by atoms with van der Waals surface area (Å²) in [6, 6.07) is 8.12. The maximum atomic E-state index is 4.72. The molecule has 2 heteroatoms. The van der Waals surface area contributed by atoms with E-state index < -0.39 is 0 Å². The third kappa shape index (κ3) is 0.890. The van der Waals surface area contributed by atoms with Crippen LogP contribution in [-0.2, 0) is 0 Å². The molecule has 1 aromatic heterocycles. The van der Waals surface area contributed by atoms with Gasteiger partial charge in [0.15, 0.2) is 0 Å². The smallest absolute Gasteiger partial charge is 0.0890 e. The molecule has 72 valence electrons. The van der Waals surface area contributed by atoms with Gasteiger partial charge in [0.25, 0.3) is 0 Å². The van der Waals surface area contributed by atoms with Crippen LogP contribution < -0.4 is 0 Å². The van der Waals surface area contributed by atoms with Gasteiger partial charge < -0.3 is 0 Å². The number of allylic oxidation sites excluding steroid dienone is 2. The van der Waals surface area contributed by atoms with Gasteiger partial charge in [0.2, 0.25) is 0 Å². The lowest BCUT2D eigenvalue weighted by molar-refractivity contribution is 0.791. The lowest BCUT2D eigenvalue weighted by Crippen LogP contribution is -2.00. The molecule has 1 heterocycles. The molecule has 2 nitrogen and oxygen atoms in total. The van der Waals surface area contributed by atoms with Crippen LogP contribution in [0.25, 0.3) is 11.0 Å². The van der Waals surface area contributed by atoms with Crippen molar-refractivity contribution >= 4 is 11.0 Å². The molecule has 2 atom stereocenters. The zero-order valence-electron chi connectivity index (χ0n) is 8.22. The fraction of sp³-hybridized carbons (Fsp3) is 0.231. The molecule has 15 heavy (non-hydrogen) atoms. The summed E-state index contributed by atoms with van der Waals surface area (Å²) < 4.78 is 0. The minimum atomic E-state index is 0.530. The van der Waals surface area contributed by atoms with Gasteiger partial charge in [-0.3, -0.25) is 0 Å². The summed E-state index contributed by atoms with van der Waals surface area (Å²) in [5, 5.41) is 0. The topological polar surface area (TPSA) is 25.8 Å². The highest BCUT2D eigenvalue weighted by atomic mass is 14.9. The van der Waals surface area contributed by atoms with Crippen LogP contribution in [0.1, 0.15) is 29.6 Å². The van der Waals surface area contributed by atoms with Gasteiger partial charge in [-0.25, -0.2) is 9.97 Å². The zero-order valence-corrected chi connectivity index (χ0v) is 8.22. The number of rotatable bonds is 0. The highest BCUT2D eigenvalue weighted by molar-refractivity contribution is 5.75. The first-order chi connectivity index (χ1) is 7.42. The van der Waals surface area contributed by atoms with Crippen molar-refractivity contribution < 1.29 is 0 Å². The van der Waals surface area contributed by atoms with Gasteiger partial charge in [-0.05, 0) is 18.6 Å². The summed E-state index contributed by atoms with van der Waals surface area (Å²) in [6.45, 7) is 0. The quantitative estimate of drug-likeness (QED) is 0.603. The second kappa shape index (κ2) is 2.45. The molecule has 2 bridgehead atoms. The second-order valence-electron chi connectivity index (χ2n) is 4.32. The van der Waals surface area contributed by atoms with Crippen LogP contribution in [-0.4, -0.2) is 9.97 Å².